The highest BCUT2D eigenvalue weighted by atomic mass is 16.2. The van der Waals surface area contributed by atoms with E-state index in [-0.39, 0.29) is 12.5 Å². The molecule has 0 unspecified atom stereocenters. The van der Waals surface area contributed by atoms with Gasteiger partial charge in [-0.05, 0) is 42.7 Å². The Balaban J connectivity index is 1.92. The molecule has 21 heavy (non-hydrogen) atoms. The van der Waals surface area contributed by atoms with E-state index >= 15 is 0 Å². The number of carbonyl (C=O) groups excluding carboxylic acids is 2. The van der Waals surface area contributed by atoms with Crippen molar-refractivity contribution in [1.82, 2.24) is 4.57 Å². The highest BCUT2D eigenvalue weighted by Gasteiger charge is 2.06. The second-order valence-corrected chi connectivity index (χ2v) is 5.03. The number of aromatic nitrogens is 1. The topological polar surface area (TPSA) is 51.1 Å². The van der Waals surface area contributed by atoms with Gasteiger partial charge in [-0.15, -0.1) is 0 Å². The summed E-state index contributed by atoms with van der Waals surface area (Å²) in [6.45, 7) is 2.31. The van der Waals surface area contributed by atoms with Gasteiger partial charge in [0.25, 0.3) is 0 Å². The summed E-state index contributed by atoms with van der Waals surface area (Å²) in [5, 5.41) is 2.84. The van der Waals surface area contributed by atoms with Gasteiger partial charge in [-0.2, -0.15) is 0 Å². The summed E-state index contributed by atoms with van der Waals surface area (Å²) in [5.74, 6) is -0.143. The van der Waals surface area contributed by atoms with Crippen LogP contribution < -0.4 is 5.32 Å². The van der Waals surface area contributed by atoms with Crippen molar-refractivity contribution in [2.24, 2.45) is 0 Å². The molecule has 0 aliphatic carbocycles. The van der Waals surface area contributed by atoms with Crippen molar-refractivity contribution in [3.63, 3.8) is 0 Å². The minimum Gasteiger partial charge on any atom is -0.336 e. The van der Waals surface area contributed by atoms with Crippen molar-refractivity contribution in [2.45, 2.75) is 32.7 Å². The Kier molecular flexibility index (Phi) is 5.32. The molecule has 2 rings (SSSR count). The van der Waals surface area contributed by atoms with Crippen LogP contribution in [0.2, 0.25) is 0 Å². The number of nitrogens with zero attached hydrogens (tertiary/aromatic N) is 1. The fraction of sp³-hybridized carbons (Fsp3) is 0.294. The molecule has 0 bridgehead atoms. The van der Waals surface area contributed by atoms with Crippen LogP contribution in [0.1, 0.15) is 35.8 Å². The van der Waals surface area contributed by atoms with Gasteiger partial charge >= 0.3 is 0 Å². The number of amides is 1. The van der Waals surface area contributed by atoms with Crippen LogP contribution in [-0.4, -0.2) is 16.8 Å². The van der Waals surface area contributed by atoms with Crippen molar-refractivity contribution >= 4 is 17.9 Å². The Labute approximate surface area is 124 Å². The molecule has 4 heteroatoms. The van der Waals surface area contributed by atoms with E-state index in [4.69, 9.17) is 0 Å². The maximum atomic E-state index is 12.0. The van der Waals surface area contributed by atoms with Crippen LogP contribution in [0, 0.1) is 0 Å². The van der Waals surface area contributed by atoms with Crippen LogP contribution >= 0.6 is 0 Å². The highest BCUT2D eigenvalue weighted by Crippen LogP contribution is 2.12. The summed E-state index contributed by atoms with van der Waals surface area (Å²) < 4.78 is 1.62. The number of rotatable bonds is 7. The molecule has 1 heterocycles. The molecule has 1 aromatic carbocycles. The Bertz CT molecular complexity index is 600. The van der Waals surface area contributed by atoms with Crippen molar-refractivity contribution in [2.75, 3.05) is 5.32 Å². The maximum absolute atomic E-state index is 12.0. The van der Waals surface area contributed by atoms with E-state index in [0.717, 1.165) is 18.4 Å². The number of aryl methyl sites for hydroxylation is 1. The molecule has 110 valence electrons. The van der Waals surface area contributed by atoms with E-state index in [2.05, 4.69) is 12.2 Å². The number of nitrogens with one attached hydrogen (secondary N) is 1. The fourth-order valence-corrected chi connectivity index (χ4v) is 2.17. The SMILES string of the molecule is CCCCc1ccc(NC(=O)Cn2cccc2C=O)cc1. The lowest BCUT2D eigenvalue weighted by atomic mass is 10.1. The normalized spacial score (nSPS) is 10.3. The minimum atomic E-state index is -0.143. The molecule has 0 atom stereocenters. The van der Waals surface area contributed by atoms with Crippen LogP contribution in [0.4, 0.5) is 5.69 Å². The van der Waals surface area contributed by atoms with Gasteiger partial charge in [0.1, 0.15) is 6.54 Å². The van der Waals surface area contributed by atoms with Gasteiger partial charge in [0.15, 0.2) is 6.29 Å². The lowest BCUT2D eigenvalue weighted by Gasteiger charge is -2.08. The molecule has 0 fully saturated rings. The van der Waals surface area contributed by atoms with Crippen LogP contribution in [0.25, 0.3) is 0 Å². The van der Waals surface area contributed by atoms with E-state index in [1.165, 1.54) is 18.4 Å². The largest absolute Gasteiger partial charge is 0.336 e. The van der Waals surface area contributed by atoms with Crippen LogP contribution in [0.3, 0.4) is 0 Å². The summed E-state index contributed by atoms with van der Waals surface area (Å²) in [4.78, 5) is 22.8. The molecule has 1 N–H and O–H groups in total. The summed E-state index contributed by atoms with van der Waals surface area (Å²) in [6, 6.07) is 11.3. The lowest BCUT2D eigenvalue weighted by Crippen LogP contribution is -2.19. The van der Waals surface area contributed by atoms with Crippen LogP contribution in [0.15, 0.2) is 42.6 Å². The van der Waals surface area contributed by atoms with Crippen molar-refractivity contribution < 1.29 is 9.59 Å². The second-order valence-electron chi connectivity index (χ2n) is 5.03. The summed E-state index contributed by atoms with van der Waals surface area (Å²) in [7, 11) is 0. The summed E-state index contributed by atoms with van der Waals surface area (Å²) >= 11 is 0. The lowest BCUT2D eigenvalue weighted by molar-refractivity contribution is -0.116. The van der Waals surface area contributed by atoms with E-state index in [9.17, 15) is 9.59 Å². The van der Waals surface area contributed by atoms with Gasteiger partial charge in [-0.25, -0.2) is 0 Å². The Hall–Kier alpha value is -2.36. The molecule has 0 saturated heterocycles. The summed E-state index contributed by atoms with van der Waals surface area (Å²) in [6.07, 6.45) is 5.88. The zero-order chi connectivity index (χ0) is 15.1. The first kappa shape index (κ1) is 15.0. The number of aldehydes is 1. The molecular weight excluding hydrogens is 264 g/mol. The molecule has 0 radical (unpaired) electrons. The molecule has 2 aromatic rings. The smallest absolute Gasteiger partial charge is 0.244 e. The quantitative estimate of drug-likeness (QED) is 0.793. The standard InChI is InChI=1S/C17H20N2O2/c1-2-3-5-14-7-9-15(10-8-14)18-17(21)12-19-11-4-6-16(19)13-20/h4,6-11,13H,2-3,5,12H2,1H3,(H,18,21). The third-order valence-corrected chi connectivity index (χ3v) is 3.36. The van der Waals surface area contributed by atoms with E-state index < -0.39 is 0 Å². The molecule has 0 spiro atoms. The fourth-order valence-electron chi connectivity index (χ4n) is 2.17. The molecular formula is C17H20N2O2. The Morgan fingerprint density at radius 3 is 2.67 bits per heavy atom. The monoisotopic (exact) mass is 284 g/mol. The highest BCUT2D eigenvalue weighted by molar-refractivity contribution is 5.91. The second kappa shape index (κ2) is 7.43. The van der Waals surface area contributed by atoms with Gasteiger partial charge in [0.05, 0.1) is 5.69 Å². The molecule has 0 aliphatic heterocycles. The van der Waals surface area contributed by atoms with E-state index in [0.29, 0.717) is 5.69 Å². The zero-order valence-corrected chi connectivity index (χ0v) is 12.2. The Morgan fingerprint density at radius 2 is 2.00 bits per heavy atom. The molecule has 1 amide bonds. The van der Waals surface area contributed by atoms with E-state index in [1.807, 2.05) is 24.3 Å². The minimum absolute atomic E-state index is 0.138. The average molecular weight is 284 g/mol. The molecule has 4 nitrogen and oxygen atoms in total. The first-order valence-corrected chi connectivity index (χ1v) is 7.22. The van der Waals surface area contributed by atoms with Crippen molar-refractivity contribution in [3.8, 4) is 0 Å². The zero-order valence-electron chi connectivity index (χ0n) is 12.2. The van der Waals surface area contributed by atoms with Crippen LogP contribution in [-0.2, 0) is 17.8 Å². The van der Waals surface area contributed by atoms with Crippen molar-refractivity contribution in [3.05, 3.63) is 53.9 Å². The number of hydrogen-bond donors (Lipinski definition) is 1. The van der Waals surface area contributed by atoms with Gasteiger partial charge < -0.3 is 9.88 Å². The number of unbranched alkanes of at least 4 members (excludes halogenated alkanes) is 1. The maximum Gasteiger partial charge on any atom is 0.244 e. The Morgan fingerprint density at radius 1 is 1.24 bits per heavy atom. The number of carbonyl (C=O) groups is 2. The molecule has 0 saturated carbocycles. The number of benzene rings is 1. The van der Waals surface area contributed by atoms with Crippen LogP contribution in [0.5, 0.6) is 0 Å². The van der Waals surface area contributed by atoms with Gasteiger partial charge in [-0.1, -0.05) is 25.5 Å². The predicted octanol–water partition coefficient (Wildman–Crippen LogP) is 3.28. The van der Waals surface area contributed by atoms with Gasteiger partial charge in [-0.3, -0.25) is 9.59 Å². The molecule has 0 aliphatic rings. The first-order valence-electron chi connectivity index (χ1n) is 7.22. The molecule has 1 aromatic heterocycles. The number of hydrogen-bond acceptors (Lipinski definition) is 2. The average Bonchev–Trinajstić information content (AvgIpc) is 2.93. The third-order valence-electron chi connectivity index (χ3n) is 3.36. The third kappa shape index (κ3) is 4.31. The predicted molar refractivity (Wildman–Crippen MR) is 83.5 cm³/mol. The van der Waals surface area contributed by atoms with Crippen molar-refractivity contribution in [1.29, 1.82) is 0 Å². The van der Waals surface area contributed by atoms with Gasteiger partial charge in [0, 0.05) is 11.9 Å². The summed E-state index contributed by atoms with van der Waals surface area (Å²) in [5.41, 5.74) is 2.56. The van der Waals surface area contributed by atoms with E-state index in [1.54, 1.807) is 22.9 Å². The van der Waals surface area contributed by atoms with Gasteiger partial charge in [0.2, 0.25) is 5.91 Å². The number of anilines is 1. The first-order chi connectivity index (χ1) is 10.2.